The Morgan fingerprint density at radius 2 is 2.60 bits per heavy atom. The quantitative estimate of drug-likeness (QED) is 0.550. The van der Waals surface area contributed by atoms with Gasteiger partial charge in [-0.25, -0.2) is 0 Å². The van der Waals surface area contributed by atoms with Gasteiger partial charge in [0.05, 0.1) is 17.9 Å². The third-order valence-electron chi connectivity index (χ3n) is 2.31. The van der Waals surface area contributed by atoms with Crippen molar-refractivity contribution in [3.8, 4) is 5.75 Å². The lowest BCUT2D eigenvalue weighted by Crippen LogP contribution is -2.01. The van der Waals surface area contributed by atoms with Gasteiger partial charge >= 0.3 is 0 Å². The third kappa shape index (κ3) is 1.50. The number of pyridine rings is 1. The molecule has 1 atom stereocenters. The van der Waals surface area contributed by atoms with Gasteiger partial charge in [0.15, 0.2) is 12.0 Å². The van der Waals surface area contributed by atoms with E-state index in [1.165, 1.54) is 0 Å². The van der Waals surface area contributed by atoms with E-state index in [2.05, 4.69) is 16.7 Å². The fraction of sp³-hybridized carbons (Fsp3) is 0.300. The zero-order valence-electron chi connectivity index (χ0n) is 8.27. The number of rotatable bonds is 3. The highest BCUT2D eigenvalue weighted by atomic mass is 16.5. The Bertz CT molecular complexity index is 417. The molecule has 0 saturated carbocycles. The Morgan fingerprint density at radius 3 is 3.27 bits per heavy atom. The molecule has 1 aliphatic rings. The van der Waals surface area contributed by atoms with E-state index in [4.69, 9.17) is 9.47 Å². The maximum absolute atomic E-state index is 10.4. The first-order valence-corrected chi connectivity index (χ1v) is 4.44. The number of aryl methyl sites for hydroxylation is 1. The second-order valence-corrected chi connectivity index (χ2v) is 3.17. The average molecular weight is 206 g/mol. The molecule has 1 aliphatic heterocycles. The molecule has 0 aliphatic carbocycles. The molecule has 0 aromatic carbocycles. The number of ether oxygens (including phenoxy) is 2. The van der Waals surface area contributed by atoms with E-state index in [-0.39, 0.29) is 0 Å². The van der Waals surface area contributed by atoms with Crippen molar-refractivity contribution in [3.63, 3.8) is 0 Å². The molecule has 78 valence electrons. The van der Waals surface area contributed by atoms with Gasteiger partial charge in [0.2, 0.25) is 0 Å². The van der Waals surface area contributed by atoms with E-state index < -0.39 is 6.23 Å². The topological polar surface area (TPSA) is 60.8 Å². The highest BCUT2D eigenvalue weighted by Gasteiger charge is 2.28. The van der Waals surface area contributed by atoms with Gasteiger partial charge in [0.1, 0.15) is 0 Å². The Balaban J connectivity index is 2.56. The molecule has 0 N–H and O–H groups in total. The van der Waals surface area contributed by atoms with Crippen LogP contribution in [0.25, 0.3) is 0 Å². The Morgan fingerprint density at radius 1 is 1.80 bits per heavy atom. The summed E-state index contributed by atoms with van der Waals surface area (Å²) in [6.07, 6.45) is 1.24. The van der Waals surface area contributed by atoms with E-state index in [1.807, 2.05) is 0 Å². The minimum absolute atomic E-state index is 0.378. The van der Waals surface area contributed by atoms with Crippen molar-refractivity contribution < 1.29 is 14.3 Å². The summed E-state index contributed by atoms with van der Waals surface area (Å²) >= 11 is 0. The maximum atomic E-state index is 10.4. The lowest BCUT2D eigenvalue weighted by molar-refractivity contribution is -0.120. The number of hydrogen-bond acceptors (Lipinski definition) is 5. The number of aliphatic imine (C=N–C) groups is 1. The van der Waals surface area contributed by atoms with Crippen molar-refractivity contribution in [2.24, 2.45) is 4.99 Å². The van der Waals surface area contributed by atoms with Gasteiger partial charge in [-0.15, -0.1) is 0 Å². The first-order valence-electron chi connectivity index (χ1n) is 4.44. The minimum Gasteiger partial charge on any atom is -0.426 e. The number of fused-ring (bicyclic) bond motifs is 1. The summed E-state index contributed by atoms with van der Waals surface area (Å²) in [5.41, 5.74) is 2.28. The van der Waals surface area contributed by atoms with Crippen molar-refractivity contribution in [3.05, 3.63) is 23.0 Å². The van der Waals surface area contributed by atoms with Crippen LogP contribution >= 0.6 is 0 Å². The molecule has 5 heteroatoms. The van der Waals surface area contributed by atoms with Crippen molar-refractivity contribution in [1.29, 1.82) is 0 Å². The fourth-order valence-electron chi connectivity index (χ4n) is 1.62. The fourth-order valence-corrected chi connectivity index (χ4v) is 1.62. The SMILES string of the molecule is C=NC1OCc2cnc(C)c(OC=O)c21. The van der Waals surface area contributed by atoms with Crippen LogP contribution < -0.4 is 4.74 Å². The molecule has 0 spiro atoms. The van der Waals surface area contributed by atoms with Crippen LogP contribution in [0.1, 0.15) is 23.0 Å². The molecule has 2 heterocycles. The molecular weight excluding hydrogens is 196 g/mol. The van der Waals surface area contributed by atoms with Crippen LogP contribution in [0.3, 0.4) is 0 Å². The van der Waals surface area contributed by atoms with Crippen molar-refractivity contribution in [2.75, 3.05) is 0 Å². The van der Waals surface area contributed by atoms with Gasteiger partial charge in [-0.3, -0.25) is 14.8 Å². The molecule has 1 aromatic heterocycles. The van der Waals surface area contributed by atoms with E-state index >= 15 is 0 Å². The number of carbonyl (C=O) groups excluding carboxylic acids is 1. The van der Waals surface area contributed by atoms with Crippen molar-refractivity contribution >= 4 is 13.2 Å². The number of hydrogen-bond donors (Lipinski definition) is 0. The van der Waals surface area contributed by atoms with Crippen LogP contribution in [0, 0.1) is 6.92 Å². The van der Waals surface area contributed by atoms with Gasteiger partial charge in [-0.1, -0.05) is 0 Å². The normalized spacial score (nSPS) is 18.3. The summed E-state index contributed by atoms with van der Waals surface area (Å²) in [7, 11) is 0. The van der Waals surface area contributed by atoms with Gasteiger partial charge in [0.25, 0.3) is 6.47 Å². The van der Waals surface area contributed by atoms with Gasteiger partial charge in [-0.2, -0.15) is 0 Å². The summed E-state index contributed by atoms with van der Waals surface area (Å²) in [4.78, 5) is 18.3. The van der Waals surface area contributed by atoms with Crippen LogP contribution in [-0.4, -0.2) is 18.2 Å². The second-order valence-electron chi connectivity index (χ2n) is 3.17. The standard InChI is InChI=1S/C10H10N2O3/c1-6-9(15-5-13)8-7(3-12-6)4-14-10(8)11-2/h3,5,10H,2,4H2,1H3. The average Bonchev–Trinajstić information content (AvgIpc) is 2.65. The molecule has 5 nitrogen and oxygen atoms in total. The van der Waals surface area contributed by atoms with E-state index in [9.17, 15) is 4.79 Å². The van der Waals surface area contributed by atoms with Crippen LogP contribution in [0.15, 0.2) is 11.2 Å². The maximum Gasteiger partial charge on any atom is 0.298 e. The van der Waals surface area contributed by atoms with Crippen LogP contribution in [0.5, 0.6) is 5.75 Å². The molecule has 1 unspecified atom stereocenters. The summed E-state index contributed by atoms with van der Waals surface area (Å²) in [5, 5.41) is 0. The molecule has 0 amide bonds. The highest BCUT2D eigenvalue weighted by Crippen LogP contribution is 2.38. The highest BCUT2D eigenvalue weighted by molar-refractivity contribution is 5.53. The minimum atomic E-state index is -0.461. The van der Waals surface area contributed by atoms with Crippen LogP contribution in [-0.2, 0) is 16.1 Å². The summed E-state index contributed by atoms with van der Waals surface area (Å²) in [6, 6.07) is 0. The molecule has 0 bridgehead atoms. The monoisotopic (exact) mass is 206 g/mol. The zero-order valence-corrected chi connectivity index (χ0v) is 8.27. The molecule has 0 radical (unpaired) electrons. The predicted molar refractivity (Wildman–Crippen MR) is 52.7 cm³/mol. The largest absolute Gasteiger partial charge is 0.426 e. The van der Waals surface area contributed by atoms with Crippen molar-refractivity contribution in [2.45, 2.75) is 19.8 Å². The summed E-state index contributed by atoms with van der Waals surface area (Å²) in [5.74, 6) is 0.428. The summed E-state index contributed by atoms with van der Waals surface area (Å²) < 4.78 is 10.3. The Labute approximate surface area is 86.8 Å². The number of aromatic nitrogens is 1. The van der Waals surface area contributed by atoms with Gasteiger partial charge in [-0.05, 0) is 13.6 Å². The number of carbonyl (C=O) groups is 1. The third-order valence-corrected chi connectivity index (χ3v) is 2.31. The van der Waals surface area contributed by atoms with Gasteiger partial charge < -0.3 is 9.47 Å². The molecule has 0 fully saturated rings. The van der Waals surface area contributed by atoms with Crippen molar-refractivity contribution in [1.82, 2.24) is 4.98 Å². The van der Waals surface area contributed by atoms with E-state index in [1.54, 1.807) is 13.1 Å². The second kappa shape index (κ2) is 3.78. The lowest BCUT2D eigenvalue weighted by atomic mass is 10.1. The molecule has 1 aromatic rings. The first-order chi connectivity index (χ1) is 7.27. The Hall–Kier alpha value is -1.75. The predicted octanol–water partition coefficient (Wildman–Crippen LogP) is 1.15. The van der Waals surface area contributed by atoms with Gasteiger partial charge in [0, 0.05) is 11.8 Å². The van der Waals surface area contributed by atoms with E-state index in [0.29, 0.717) is 24.5 Å². The molecule has 2 rings (SSSR count). The Kier molecular flexibility index (Phi) is 2.47. The molecular formula is C10H10N2O3. The van der Waals surface area contributed by atoms with E-state index in [0.717, 1.165) is 11.1 Å². The smallest absolute Gasteiger partial charge is 0.298 e. The van der Waals surface area contributed by atoms with Crippen LogP contribution in [0.2, 0.25) is 0 Å². The first kappa shape index (κ1) is 9.79. The van der Waals surface area contributed by atoms with Crippen LogP contribution in [0.4, 0.5) is 0 Å². The summed E-state index contributed by atoms with van der Waals surface area (Å²) in [6.45, 7) is 5.99. The molecule has 15 heavy (non-hydrogen) atoms. The zero-order chi connectivity index (χ0) is 10.8. The molecule has 0 saturated heterocycles. The number of nitrogens with zero attached hydrogens (tertiary/aromatic N) is 2. The lowest BCUT2D eigenvalue weighted by Gasteiger charge is -2.10.